The normalized spacial score (nSPS) is 15.2. The number of ether oxygens (including phenoxy) is 2. The van der Waals surface area contributed by atoms with Crippen LogP contribution in [0.4, 0.5) is 0 Å². The van der Waals surface area contributed by atoms with E-state index in [2.05, 4.69) is 11.0 Å². The maximum Gasteiger partial charge on any atom is 0.227 e. The summed E-state index contributed by atoms with van der Waals surface area (Å²) in [6.45, 7) is 4.31. The molecule has 34 heavy (non-hydrogen) atoms. The molecule has 5 nitrogen and oxygen atoms in total. The van der Waals surface area contributed by atoms with Crippen molar-refractivity contribution in [1.29, 1.82) is 0 Å². The van der Waals surface area contributed by atoms with Gasteiger partial charge in [-0.05, 0) is 41.0 Å². The first-order valence-corrected chi connectivity index (χ1v) is 12.0. The van der Waals surface area contributed by atoms with E-state index >= 15 is 0 Å². The number of hydrogen-bond donors (Lipinski definition) is 0. The molecule has 1 unspecified atom stereocenters. The SMILES string of the molecule is COc1cccc(C(CN2CCN(C(=O)Cc3ccccc3)CC2)OCc2cccc(Cl)c2)c1. The van der Waals surface area contributed by atoms with Crippen LogP contribution in [-0.2, 0) is 22.6 Å². The second-order valence-electron chi connectivity index (χ2n) is 8.55. The minimum absolute atomic E-state index is 0.124. The summed E-state index contributed by atoms with van der Waals surface area (Å²) in [5.74, 6) is 0.998. The monoisotopic (exact) mass is 478 g/mol. The molecular weight excluding hydrogens is 448 g/mol. The van der Waals surface area contributed by atoms with E-state index in [0.29, 0.717) is 18.1 Å². The minimum atomic E-state index is -0.124. The van der Waals surface area contributed by atoms with Crippen LogP contribution in [0.15, 0.2) is 78.9 Å². The highest BCUT2D eigenvalue weighted by molar-refractivity contribution is 6.30. The molecule has 0 saturated carbocycles. The Bertz CT molecular complexity index is 1070. The standard InChI is InChI=1S/C28H31ClN2O3/c1-33-26-12-6-10-24(19-26)27(34-21-23-9-5-11-25(29)17-23)20-30-13-15-31(16-14-30)28(32)18-22-7-3-2-4-8-22/h2-12,17,19,27H,13-16,18,20-21H2,1H3. The van der Waals surface area contributed by atoms with Gasteiger partial charge in [0.2, 0.25) is 5.91 Å². The lowest BCUT2D eigenvalue weighted by molar-refractivity contribution is -0.132. The molecule has 1 amide bonds. The third-order valence-electron chi connectivity index (χ3n) is 6.15. The lowest BCUT2D eigenvalue weighted by Crippen LogP contribution is -2.50. The van der Waals surface area contributed by atoms with Crippen LogP contribution in [0.25, 0.3) is 0 Å². The van der Waals surface area contributed by atoms with Crippen LogP contribution in [0.2, 0.25) is 5.02 Å². The number of piperazine rings is 1. The van der Waals surface area contributed by atoms with E-state index < -0.39 is 0 Å². The molecule has 0 bridgehead atoms. The van der Waals surface area contributed by atoms with Crippen LogP contribution in [-0.4, -0.2) is 55.5 Å². The van der Waals surface area contributed by atoms with Gasteiger partial charge in [0.25, 0.3) is 0 Å². The van der Waals surface area contributed by atoms with Gasteiger partial charge in [0, 0.05) is 37.7 Å². The average molecular weight is 479 g/mol. The molecular formula is C28H31ClN2O3. The van der Waals surface area contributed by atoms with Crippen LogP contribution in [0, 0.1) is 0 Å². The molecule has 0 radical (unpaired) electrons. The van der Waals surface area contributed by atoms with Crippen molar-refractivity contribution < 1.29 is 14.3 Å². The largest absolute Gasteiger partial charge is 0.497 e. The molecule has 0 aromatic heterocycles. The Morgan fingerprint density at radius 3 is 2.38 bits per heavy atom. The summed E-state index contributed by atoms with van der Waals surface area (Å²) >= 11 is 6.15. The van der Waals surface area contributed by atoms with Gasteiger partial charge in [-0.2, -0.15) is 0 Å². The van der Waals surface area contributed by atoms with E-state index in [1.807, 2.05) is 77.7 Å². The predicted octanol–water partition coefficient (Wildman–Crippen LogP) is 4.99. The molecule has 4 rings (SSSR count). The van der Waals surface area contributed by atoms with Crippen molar-refractivity contribution in [2.75, 3.05) is 39.8 Å². The number of carbonyl (C=O) groups excluding carboxylic acids is 1. The molecule has 3 aromatic carbocycles. The Morgan fingerprint density at radius 2 is 1.65 bits per heavy atom. The number of hydrogen-bond acceptors (Lipinski definition) is 4. The van der Waals surface area contributed by atoms with Gasteiger partial charge in [0.15, 0.2) is 0 Å². The number of carbonyl (C=O) groups is 1. The van der Waals surface area contributed by atoms with Crippen molar-refractivity contribution in [2.45, 2.75) is 19.1 Å². The Morgan fingerprint density at radius 1 is 0.912 bits per heavy atom. The molecule has 1 saturated heterocycles. The van der Waals surface area contributed by atoms with Gasteiger partial charge in [0.05, 0.1) is 26.2 Å². The maximum atomic E-state index is 12.7. The van der Waals surface area contributed by atoms with E-state index in [9.17, 15) is 4.79 Å². The average Bonchev–Trinajstić information content (AvgIpc) is 2.87. The summed E-state index contributed by atoms with van der Waals surface area (Å²) in [5.41, 5.74) is 3.17. The van der Waals surface area contributed by atoms with Crippen molar-refractivity contribution in [3.8, 4) is 5.75 Å². The number of amides is 1. The third kappa shape index (κ3) is 6.83. The molecule has 6 heteroatoms. The van der Waals surface area contributed by atoms with E-state index in [4.69, 9.17) is 21.1 Å². The van der Waals surface area contributed by atoms with Gasteiger partial charge in [-0.25, -0.2) is 0 Å². The highest BCUT2D eigenvalue weighted by Crippen LogP contribution is 2.25. The van der Waals surface area contributed by atoms with Crippen LogP contribution < -0.4 is 4.74 Å². The number of nitrogens with zero attached hydrogens (tertiary/aromatic N) is 2. The van der Waals surface area contributed by atoms with Crippen LogP contribution in [0.3, 0.4) is 0 Å². The maximum absolute atomic E-state index is 12.7. The first-order valence-electron chi connectivity index (χ1n) is 11.6. The third-order valence-corrected chi connectivity index (χ3v) is 6.39. The molecule has 0 aliphatic carbocycles. The van der Waals surface area contributed by atoms with Crippen molar-refractivity contribution in [3.05, 3.63) is 101 Å². The first kappa shape index (κ1) is 24.3. The number of methoxy groups -OCH3 is 1. The summed E-state index contributed by atoms with van der Waals surface area (Å²) < 4.78 is 11.8. The van der Waals surface area contributed by atoms with E-state index in [1.54, 1.807) is 7.11 Å². The fourth-order valence-electron chi connectivity index (χ4n) is 4.22. The summed E-state index contributed by atoms with van der Waals surface area (Å²) in [7, 11) is 1.67. The highest BCUT2D eigenvalue weighted by atomic mass is 35.5. The van der Waals surface area contributed by atoms with Gasteiger partial charge >= 0.3 is 0 Å². The van der Waals surface area contributed by atoms with Gasteiger partial charge < -0.3 is 14.4 Å². The van der Waals surface area contributed by atoms with Crippen LogP contribution in [0.1, 0.15) is 22.8 Å². The Balaban J connectivity index is 1.37. The predicted molar refractivity (Wildman–Crippen MR) is 135 cm³/mol. The summed E-state index contributed by atoms with van der Waals surface area (Å²) in [6, 6.07) is 25.7. The van der Waals surface area contributed by atoms with Gasteiger partial charge in [-0.3, -0.25) is 9.69 Å². The highest BCUT2D eigenvalue weighted by Gasteiger charge is 2.24. The zero-order chi connectivity index (χ0) is 23.8. The van der Waals surface area contributed by atoms with Crippen molar-refractivity contribution in [3.63, 3.8) is 0 Å². The zero-order valence-corrected chi connectivity index (χ0v) is 20.3. The van der Waals surface area contributed by atoms with E-state index in [-0.39, 0.29) is 12.0 Å². The molecule has 178 valence electrons. The Hall–Kier alpha value is -2.86. The van der Waals surface area contributed by atoms with Crippen molar-refractivity contribution in [2.24, 2.45) is 0 Å². The minimum Gasteiger partial charge on any atom is -0.497 e. The van der Waals surface area contributed by atoms with Crippen LogP contribution >= 0.6 is 11.6 Å². The summed E-state index contributed by atoms with van der Waals surface area (Å²) in [6.07, 6.45) is 0.330. The zero-order valence-electron chi connectivity index (χ0n) is 19.5. The van der Waals surface area contributed by atoms with Crippen LogP contribution in [0.5, 0.6) is 5.75 Å². The number of rotatable bonds is 9. The van der Waals surface area contributed by atoms with Crippen molar-refractivity contribution >= 4 is 17.5 Å². The van der Waals surface area contributed by atoms with E-state index in [1.165, 1.54) is 0 Å². The molecule has 1 fully saturated rings. The lowest BCUT2D eigenvalue weighted by atomic mass is 10.1. The lowest BCUT2D eigenvalue weighted by Gasteiger charge is -2.36. The first-order chi connectivity index (χ1) is 16.6. The summed E-state index contributed by atoms with van der Waals surface area (Å²) in [4.78, 5) is 17.1. The Kier molecular flexibility index (Phi) is 8.58. The molecule has 1 aliphatic heterocycles. The molecule has 3 aromatic rings. The fraction of sp³-hybridized carbons (Fsp3) is 0.321. The molecule has 1 heterocycles. The van der Waals surface area contributed by atoms with Gasteiger partial charge in [-0.15, -0.1) is 0 Å². The molecule has 0 N–H and O–H groups in total. The van der Waals surface area contributed by atoms with Crippen molar-refractivity contribution in [1.82, 2.24) is 9.80 Å². The second kappa shape index (κ2) is 12.0. The topological polar surface area (TPSA) is 42.0 Å². The quantitative estimate of drug-likeness (QED) is 0.434. The van der Waals surface area contributed by atoms with E-state index in [0.717, 1.165) is 55.2 Å². The summed E-state index contributed by atoms with van der Waals surface area (Å²) in [5, 5.41) is 0.704. The molecule has 0 spiro atoms. The second-order valence-corrected chi connectivity index (χ2v) is 8.99. The van der Waals surface area contributed by atoms with Gasteiger partial charge in [0.1, 0.15) is 5.75 Å². The molecule has 1 aliphatic rings. The number of benzene rings is 3. The molecule has 1 atom stereocenters. The Labute approximate surface area is 206 Å². The fourth-order valence-corrected chi connectivity index (χ4v) is 4.43. The van der Waals surface area contributed by atoms with Gasteiger partial charge in [-0.1, -0.05) is 66.2 Å². The smallest absolute Gasteiger partial charge is 0.227 e. The number of halogens is 1.